The maximum atomic E-state index is 13.8. The molecular weight excluding hydrogens is 498 g/mol. The van der Waals surface area contributed by atoms with Crippen molar-refractivity contribution < 1.29 is 19.5 Å². The molecule has 2 unspecified atom stereocenters. The normalized spacial score (nSPS) is 30.4. The van der Waals surface area contributed by atoms with Crippen LogP contribution in [0.3, 0.4) is 0 Å². The lowest BCUT2D eigenvalue weighted by atomic mass is 9.66. The molecule has 3 amide bonds. The van der Waals surface area contributed by atoms with Crippen molar-refractivity contribution in [2.75, 3.05) is 18.5 Å². The van der Waals surface area contributed by atoms with Gasteiger partial charge in [-0.2, -0.15) is 0 Å². The molecule has 3 aliphatic heterocycles. The first-order chi connectivity index (χ1) is 17.2. The maximum absolute atomic E-state index is 13.8. The summed E-state index contributed by atoms with van der Waals surface area (Å²) < 4.78 is -1.19. The first kappa shape index (κ1) is 25.1. The van der Waals surface area contributed by atoms with E-state index >= 15 is 0 Å². The molecule has 0 saturated carbocycles. The Kier molecular flexibility index (Phi) is 6.55. The fourth-order valence-electron chi connectivity index (χ4n) is 6.35. The molecule has 0 aromatic heterocycles. The number of aliphatic hydroxyl groups is 1. The van der Waals surface area contributed by atoms with Crippen molar-refractivity contribution in [3.05, 3.63) is 64.7 Å². The topological polar surface area (TPSA) is 98.7 Å². The fourth-order valence-corrected chi connectivity index (χ4v) is 8.98. The van der Waals surface area contributed by atoms with E-state index in [-0.39, 0.29) is 30.9 Å². The number of carbonyl (C=O) groups excluding carboxylic acids is 3. The molecule has 9 heteroatoms. The van der Waals surface area contributed by atoms with Gasteiger partial charge in [0.25, 0.3) is 0 Å². The number of carbonyl (C=O) groups is 3. The van der Waals surface area contributed by atoms with E-state index in [4.69, 9.17) is 11.6 Å². The Morgan fingerprint density at radius 2 is 1.89 bits per heavy atom. The minimum absolute atomic E-state index is 0.0340. The van der Waals surface area contributed by atoms with Crippen molar-refractivity contribution in [3.63, 3.8) is 0 Å². The van der Waals surface area contributed by atoms with Gasteiger partial charge in [0.05, 0.1) is 33.9 Å². The minimum atomic E-state index is -0.809. The number of benzene rings is 2. The first-order valence-corrected chi connectivity index (χ1v) is 13.4. The maximum Gasteiger partial charge on any atom is 0.248 e. The van der Waals surface area contributed by atoms with Crippen LogP contribution in [-0.4, -0.2) is 56.4 Å². The molecule has 36 heavy (non-hydrogen) atoms. The van der Waals surface area contributed by atoms with E-state index < -0.39 is 27.4 Å². The lowest BCUT2D eigenvalue weighted by Crippen LogP contribution is -2.52. The third kappa shape index (κ3) is 3.90. The summed E-state index contributed by atoms with van der Waals surface area (Å²) in [6.45, 7) is 4.04. The lowest BCUT2D eigenvalue weighted by Gasteiger charge is -2.35. The number of likely N-dealkylation sites (tertiary alicyclic amines) is 1. The molecule has 7 nitrogen and oxygen atoms in total. The van der Waals surface area contributed by atoms with Gasteiger partial charge in [-0.15, -0.1) is 11.8 Å². The van der Waals surface area contributed by atoms with Gasteiger partial charge in [-0.25, -0.2) is 0 Å². The molecule has 3 saturated heterocycles. The fraction of sp³-hybridized carbons (Fsp3) is 0.444. The number of fused-ring (bicyclic) bond motifs is 1. The SMILES string of the molecule is Cc1cccc(Cl)c1NC(=O)C1N(CCO)C(=O)[C@@H]2[C@@H](C(=O)NCc3ccccc3)[C@@]3(C)CCC12S3. The number of halogens is 1. The average Bonchev–Trinajstić information content (AvgIpc) is 3.42. The number of nitrogens with one attached hydrogen (secondary N) is 2. The number of para-hydroxylation sites is 1. The van der Waals surface area contributed by atoms with Crippen molar-refractivity contribution in [3.8, 4) is 0 Å². The largest absolute Gasteiger partial charge is 0.395 e. The number of aryl methyl sites for hydroxylation is 1. The van der Waals surface area contributed by atoms with Crippen LogP contribution < -0.4 is 10.6 Å². The number of β-amino-alcohol motifs (C(OH)–C–C–N with tert-alkyl or cyclic N) is 1. The van der Waals surface area contributed by atoms with Crippen molar-refractivity contribution in [2.24, 2.45) is 11.8 Å². The number of rotatable bonds is 7. The summed E-state index contributed by atoms with van der Waals surface area (Å²) in [7, 11) is 0. The summed E-state index contributed by atoms with van der Waals surface area (Å²) in [5.41, 5.74) is 2.31. The van der Waals surface area contributed by atoms with E-state index in [2.05, 4.69) is 10.6 Å². The average molecular weight is 528 g/mol. The zero-order chi connectivity index (χ0) is 25.7. The summed E-state index contributed by atoms with van der Waals surface area (Å²) in [4.78, 5) is 42.6. The summed E-state index contributed by atoms with van der Waals surface area (Å²) in [6, 6.07) is 14.2. The smallest absolute Gasteiger partial charge is 0.248 e. The Balaban J connectivity index is 1.46. The van der Waals surface area contributed by atoms with Gasteiger partial charge in [0.1, 0.15) is 6.04 Å². The van der Waals surface area contributed by atoms with Gasteiger partial charge < -0.3 is 20.6 Å². The number of hydrogen-bond acceptors (Lipinski definition) is 5. The van der Waals surface area contributed by atoms with Gasteiger partial charge in [0.2, 0.25) is 17.7 Å². The van der Waals surface area contributed by atoms with Gasteiger partial charge in [-0.1, -0.05) is 54.1 Å². The summed E-state index contributed by atoms with van der Waals surface area (Å²) in [5.74, 6) is -1.94. The summed E-state index contributed by atoms with van der Waals surface area (Å²) in [5, 5.41) is 16.2. The van der Waals surface area contributed by atoms with Gasteiger partial charge >= 0.3 is 0 Å². The third-order valence-corrected chi connectivity index (χ3v) is 10.2. The van der Waals surface area contributed by atoms with Crippen LogP contribution in [0.2, 0.25) is 5.02 Å². The van der Waals surface area contributed by atoms with Crippen LogP contribution in [0.15, 0.2) is 48.5 Å². The highest BCUT2D eigenvalue weighted by Gasteiger charge is 2.77. The molecule has 1 spiro atoms. The van der Waals surface area contributed by atoms with Crippen molar-refractivity contribution in [1.29, 1.82) is 0 Å². The summed E-state index contributed by atoms with van der Waals surface area (Å²) >= 11 is 7.97. The van der Waals surface area contributed by atoms with Crippen LogP contribution in [0.4, 0.5) is 5.69 Å². The molecule has 3 N–H and O–H groups in total. The number of amides is 3. The van der Waals surface area contributed by atoms with Gasteiger partial charge in [-0.05, 0) is 43.9 Å². The number of hydrogen-bond donors (Lipinski definition) is 3. The van der Waals surface area contributed by atoms with Gasteiger partial charge in [-0.3, -0.25) is 14.4 Å². The standard InChI is InChI=1S/C27H30ClN3O4S/c1-16-7-6-10-18(28)21(16)30-24(34)22-27-12-11-26(2,36-27)19(20(27)25(35)31(22)13-14-32)23(33)29-15-17-8-4-3-5-9-17/h3-10,19-20,22,32H,11-15H2,1-2H3,(H,29,33)(H,30,34)/t19-,20-,22?,26+,27?/m0/s1. The number of anilines is 1. The van der Waals surface area contributed by atoms with Crippen LogP contribution in [0.5, 0.6) is 0 Å². The van der Waals surface area contributed by atoms with E-state index in [9.17, 15) is 19.5 Å². The highest BCUT2D eigenvalue weighted by Crippen LogP contribution is 2.71. The Morgan fingerprint density at radius 3 is 2.58 bits per heavy atom. The zero-order valence-electron chi connectivity index (χ0n) is 20.3. The Labute approximate surface area is 220 Å². The Morgan fingerprint density at radius 1 is 1.14 bits per heavy atom. The highest BCUT2D eigenvalue weighted by atomic mass is 35.5. The summed E-state index contributed by atoms with van der Waals surface area (Å²) in [6.07, 6.45) is 1.38. The molecule has 2 aromatic carbocycles. The van der Waals surface area contributed by atoms with Gasteiger partial charge in [0, 0.05) is 17.8 Å². The van der Waals surface area contributed by atoms with E-state index in [0.717, 1.165) is 17.5 Å². The van der Waals surface area contributed by atoms with Crippen LogP contribution in [0, 0.1) is 18.8 Å². The van der Waals surface area contributed by atoms with E-state index in [1.807, 2.05) is 56.3 Å². The highest BCUT2D eigenvalue weighted by molar-refractivity contribution is 8.02. The van der Waals surface area contributed by atoms with Crippen molar-refractivity contribution in [2.45, 2.75) is 48.8 Å². The van der Waals surface area contributed by atoms with E-state index in [1.54, 1.807) is 17.8 Å². The Hall–Kier alpha value is -2.55. The lowest BCUT2D eigenvalue weighted by molar-refractivity contribution is -0.140. The predicted octanol–water partition coefficient (Wildman–Crippen LogP) is 3.38. The van der Waals surface area contributed by atoms with Crippen molar-refractivity contribution >= 4 is 46.8 Å². The van der Waals surface area contributed by atoms with Crippen LogP contribution in [0.25, 0.3) is 0 Å². The van der Waals surface area contributed by atoms with Crippen LogP contribution in [0.1, 0.15) is 30.9 Å². The molecule has 3 heterocycles. The van der Waals surface area contributed by atoms with Crippen molar-refractivity contribution in [1.82, 2.24) is 10.2 Å². The second kappa shape index (κ2) is 9.39. The molecular formula is C27H30ClN3O4S. The molecule has 3 fully saturated rings. The van der Waals surface area contributed by atoms with E-state index in [0.29, 0.717) is 23.7 Å². The zero-order valence-corrected chi connectivity index (χ0v) is 21.9. The number of aliphatic hydroxyl groups excluding tert-OH is 1. The molecule has 5 atom stereocenters. The molecule has 2 aromatic rings. The second-order valence-corrected chi connectivity index (χ2v) is 12.4. The van der Waals surface area contributed by atoms with Gasteiger partial charge in [0.15, 0.2) is 0 Å². The molecule has 2 bridgehead atoms. The van der Waals surface area contributed by atoms with Crippen LogP contribution >= 0.6 is 23.4 Å². The second-order valence-electron chi connectivity index (χ2n) is 10.1. The predicted molar refractivity (Wildman–Crippen MR) is 141 cm³/mol. The molecule has 190 valence electrons. The molecule has 5 rings (SSSR count). The molecule has 0 aliphatic carbocycles. The first-order valence-electron chi connectivity index (χ1n) is 12.2. The number of thioether (sulfide) groups is 1. The quantitative estimate of drug-likeness (QED) is 0.513. The number of nitrogens with zero attached hydrogens (tertiary/aromatic N) is 1. The monoisotopic (exact) mass is 527 g/mol. The molecule has 0 radical (unpaired) electrons. The minimum Gasteiger partial charge on any atom is -0.395 e. The Bertz CT molecular complexity index is 1190. The van der Waals surface area contributed by atoms with Crippen LogP contribution in [-0.2, 0) is 20.9 Å². The van der Waals surface area contributed by atoms with E-state index in [1.165, 1.54) is 4.90 Å². The molecule has 3 aliphatic rings. The third-order valence-electron chi connectivity index (χ3n) is 7.93.